The molecule has 0 aliphatic heterocycles. The molecular formula is C15H11F3N2O2S2. The molecule has 9 heteroatoms. The summed E-state index contributed by atoms with van der Waals surface area (Å²) in [5.74, 6) is -0.433. The van der Waals surface area contributed by atoms with Gasteiger partial charge in [-0.3, -0.25) is 4.79 Å². The van der Waals surface area contributed by atoms with Crippen LogP contribution in [0.15, 0.2) is 45.8 Å². The van der Waals surface area contributed by atoms with Gasteiger partial charge in [-0.05, 0) is 23.6 Å². The monoisotopic (exact) mass is 372 g/mol. The Morgan fingerprint density at radius 2 is 2.17 bits per heavy atom. The molecule has 0 fully saturated rings. The Morgan fingerprint density at radius 1 is 1.33 bits per heavy atom. The van der Waals surface area contributed by atoms with Gasteiger partial charge >= 0.3 is 6.18 Å². The van der Waals surface area contributed by atoms with Crippen molar-refractivity contribution in [2.75, 3.05) is 6.54 Å². The summed E-state index contributed by atoms with van der Waals surface area (Å²) in [5, 5.41) is 4.33. The summed E-state index contributed by atoms with van der Waals surface area (Å²) in [7, 11) is 0. The zero-order valence-corrected chi connectivity index (χ0v) is 13.7. The summed E-state index contributed by atoms with van der Waals surface area (Å²) in [5.41, 5.74) is 0.845. The van der Waals surface area contributed by atoms with Gasteiger partial charge in [0.1, 0.15) is 22.2 Å². The molecule has 0 N–H and O–H groups in total. The van der Waals surface area contributed by atoms with Gasteiger partial charge < -0.3 is 9.32 Å². The molecule has 0 radical (unpaired) electrons. The number of hydrogen-bond acceptors (Lipinski definition) is 5. The molecule has 0 aromatic carbocycles. The van der Waals surface area contributed by atoms with Gasteiger partial charge in [-0.1, -0.05) is 0 Å². The highest BCUT2D eigenvalue weighted by molar-refractivity contribution is 7.17. The second-order valence-electron chi connectivity index (χ2n) is 4.90. The van der Waals surface area contributed by atoms with Gasteiger partial charge in [-0.15, -0.1) is 11.3 Å². The molecular weight excluding hydrogens is 361 g/mol. The van der Waals surface area contributed by atoms with Crippen LogP contribution in [0.1, 0.15) is 15.4 Å². The van der Waals surface area contributed by atoms with Crippen LogP contribution in [-0.2, 0) is 6.54 Å². The summed E-state index contributed by atoms with van der Waals surface area (Å²) >= 11 is 2.55. The first-order chi connectivity index (χ1) is 11.4. The lowest BCUT2D eigenvalue weighted by Gasteiger charge is -2.22. The molecule has 0 aliphatic carbocycles. The third-order valence-electron chi connectivity index (χ3n) is 3.07. The second kappa shape index (κ2) is 6.78. The van der Waals surface area contributed by atoms with Crippen LogP contribution in [0.2, 0.25) is 0 Å². The molecule has 126 valence electrons. The van der Waals surface area contributed by atoms with Gasteiger partial charge in [0.2, 0.25) is 0 Å². The van der Waals surface area contributed by atoms with E-state index in [-0.39, 0.29) is 17.2 Å². The van der Waals surface area contributed by atoms with Crippen molar-refractivity contribution in [2.45, 2.75) is 12.7 Å². The van der Waals surface area contributed by atoms with Gasteiger partial charge in [0.15, 0.2) is 0 Å². The Kier molecular flexibility index (Phi) is 4.72. The van der Waals surface area contributed by atoms with Crippen molar-refractivity contribution in [3.05, 3.63) is 52.1 Å². The van der Waals surface area contributed by atoms with Gasteiger partial charge in [0.05, 0.1) is 19.0 Å². The molecule has 0 aliphatic rings. The molecule has 3 aromatic heterocycles. The van der Waals surface area contributed by atoms with Crippen molar-refractivity contribution in [3.8, 4) is 10.6 Å². The summed E-state index contributed by atoms with van der Waals surface area (Å²) < 4.78 is 43.5. The number of halogens is 3. The number of nitrogens with zero attached hydrogens (tertiary/aromatic N) is 2. The number of thiophene rings is 1. The molecule has 24 heavy (non-hydrogen) atoms. The Morgan fingerprint density at radius 3 is 2.79 bits per heavy atom. The first kappa shape index (κ1) is 16.7. The van der Waals surface area contributed by atoms with E-state index in [0.29, 0.717) is 9.91 Å². The SMILES string of the molecule is O=C(c1cnc(-c2ccsc2)s1)N(Cc1ccco1)CC(F)(F)F. The predicted octanol–water partition coefficient (Wildman–Crippen LogP) is 4.67. The number of amides is 1. The topological polar surface area (TPSA) is 46.3 Å². The van der Waals surface area contributed by atoms with E-state index in [4.69, 9.17) is 4.42 Å². The molecule has 1 amide bonds. The van der Waals surface area contributed by atoms with Crippen LogP contribution in [0, 0.1) is 0 Å². The molecule has 3 rings (SSSR count). The highest BCUT2D eigenvalue weighted by Crippen LogP contribution is 2.28. The lowest BCUT2D eigenvalue weighted by molar-refractivity contribution is -0.142. The number of furan rings is 1. The van der Waals surface area contributed by atoms with Crippen LogP contribution >= 0.6 is 22.7 Å². The fraction of sp³-hybridized carbons (Fsp3) is 0.200. The average Bonchev–Trinajstić information content (AvgIpc) is 3.25. The van der Waals surface area contributed by atoms with Gasteiger partial charge in [0, 0.05) is 10.9 Å². The maximum atomic E-state index is 12.8. The van der Waals surface area contributed by atoms with Crippen LogP contribution < -0.4 is 0 Å². The lowest BCUT2D eigenvalue weighted by atomic mass is 10.3. The zero-order chi connectivity index (χ0) is 17.2. The summed E-state index contributed by atoms with van der Waals surface area (Å²) in [6.07, 6.45) is -1.83. The van der Waals surface area contributed by atoms with Crippen molar-refractivity contribution < 1.29 is 22.4 Å². The van der Waals surface area contributed by atoms with Crippen molar-refractivity contribution >= 4 is 28.6 Å². The van der Waals surface area contributed by atoms with Gasteiger partial charge in [-0.25, -0.2) is 4.98 Å². The van der Waals surface area contributed by atoms with E-state index in [1.165, 1.54) is 29.9 Å². The number of hydrogen-bond donors (Lipinski definition) is 0. The Bertz CT molecular complexity index is 795. The van der Waals surface area contributed by atoms with E-state index < -0.39 is 18.6 Å². The van der Waals surface area contributed by atoms with Crippen LogP contribution in [0.5, 0.6) is 0 Å². The van der Waals surface area contributed by atoms with Crippen molar-refractivity contribution in [3.63, 3.8) is 0 Å². The molecule has 3 heterocycles. The number of thiazole rings is 1. The average molecular weight is 372 g/mol. The number of alkyl halides is 3. The van der Waals surface area contributed by atoms with Crippen LogP contribution in [0.25, 0.3) is 10.6 Å². The minimum absolute atomic E-state index is 0.159. The molecule has 0 spiro atoms. The Hall–Kier alpha value is -2.13. The predicted molar refractivity (Wildman–Crippen MR) is 84.9 cm³/mol. The van der Waals surface area contributed by atoms with E-state index in [0.717, 1.165) is 16.9 Å². The van der Waals surface area contributed by atoms with Crippen LogP contribution in [0.3, 0.4) is 0 Å². The van der Waals surface area contributed by atoms with Crippen LogP contribution in [0.4, 0.5) is 13.2 Å². The number of aromatic nitrogens is 1. The van der Waals surface area contributed by atoms with Crippen LogP contribution in [-0.4, -0.2) is 28.5 Å². The first-order valence-electron chi connectivity index (χ1n) is 6.79. The smallest absolute Gasteiger partial charge is 0.406 e. The lowest BCUT2D eigenvalue weighted by Crippen LogP contribution is -2.38. The quantitative estimate of drug-likeness (QED) is 0.654. The minimum atomic E-state index is -4.50. The Labute approximate surface area is 143 Å². The standard InChI is InChI=1S/C15H11F3N2O2S2/c16-15(17,18)9-20(7-11-2-1-4-22-11)14(21)12-6-19-13(24-12)10-3-5-23-8-10/h1-6,8H,7,9H2. The highest BCUT2D eigenvalue weighted by Gasteiger charge is 2.34. The molecule has 3 aromatic rings. The zero-order valence-electron chi connectivity index (χ0n) is 12.1. The van der Waals surface area contributed by atoms with E-state index >= 15 is 0 Å². The second-order valence-corrected chi connectivity index (χ2v) is 6.71. The summed E-state index contributed by atoms with van der Waals surface area (Å²) in [4.78, 5) is 17.5. The molecule has 0 saturated carbocycles. The van der Waals surface area contributed by atoms with E-state index in [1.807, 2.05) is 16.8 Å². The molecule has 0 atom stereocenters. The molecule has 0 unspecified atom stereocenters. The third-order valence-corrected chi connectivity index (χ3v) is 4.79. The van der Waals surface area contributed by atoms with E-state index in [1.54, 1.807) is 6.07 Å². The van der Waals surface area contributed by atoms with Gasteiger partial charge in [-0.2, -0.15) is 24.5 Å². The molecule has 0 bridgehead atoms. The fourth-order valence-corrected chi connectivity index (χ4v) is 3.65. The fourth-order valence-electron chi connectivity index (χ4n) is 2.06. The summed E-state index contributed by atoms with van der Waals surface area (Å²) in [6, 6.07) is 4.93. The van der Waals surface area contributed by atoms with Crippen molar-refractivity contribution in [1.82, 2.24) is 9.88 Å². The first-order valence-corrected chi connectivity index (χ1v) is 8.55. The van der Waals surface area contributed by atoms with E-state index in [9.17, 15) is 18.0 Å². The Balaban J connectivity index is 1.82. The number of carbonyl (C=O) groups is 1. The minimum Gasteiger partial charge on any atom is -0.467 e. The third kappa shape index (κ3) is 4.04. The highest BCUT2D eigenvalue weighted by atomic mass is 32.1. The molecule has 0 saturated heterocycles. The maximum absolute atomic E-state index is 12.8. The molecule has 4 nitrogen and oxygen atoms in total. The normalized spacial score (nSPS) is 11.6. The van der Waals surface area contributed by atoms with E-state index in [2.05, 4.69) is 4.98 Å². The summed E-state index contributed by atoms with van der Waals surface area (Å²) in [6.45, 7) is -1.60. The number of rotatable bonds is 5. The number of carbonyl (C=O) groups excluding carboxylic acids is 1. The largest absolute Gasteiger partial charge is 0.467 e. The maximum Gasteiger partial charge on any atom is 0.406 e. The van der Waals surface area contributed by atoms with Crippen molar-refractivity contribution in [2.24, 2.45) is 0 Å². The van der Waals surface area contributed by atoms with Gasteiger partial charge in [0.25, 0.3) is 5.91 Å². The van der Waals surface area contributed by atoms with Crippen molar-refractivity contribution in [1.29, 1.82) is 0 Å².